The Kier molecular flexibility index (Phi) is 5.91. The van der Waals surface area contributed by atoms with Gasteiger partial charge in [0.25, 0.3) is 0 Å². The summed E-state index contributed by atoms with van der Waals surface area (Å²) < 4.78 is 72.0. The number of aromatic nitrogens is 3. The van der Waals surface area contributed by atoms with Crippen LogP contribution in [-0.4, -0.2) is 29.8 Å². The summed E-state index contributed by atoms with van der Waals surface area (Å²) in [7, 11) is -4.04. The maximum atomic E-state index is 12.6. The fraction of sp³-hybridized carbons (Fsp3) is 0.467. The number of ether oxygens (including phenoxy) is 1. The van der Waals surface area contributed by atoms with E-state index in [0.717, 1.165) is 24.3 Å². The highest BCUT2D eigenvalue weighted by Crippen LogP contribution is 2.30. The molecular weight excluding hydrogens is 373 g/mol. The van der Waals surface area contributed by atoms with Crippen molar-refractivity contribution in [2.45, 2.75) is 44.4 Å². The van der Waals surface area contributed by atoms with Gasteiger partial charge in [-0.1, -0.05) is 5.10 Å². The van der Waals surface area contributed by atoms with Gasteiger partial charge in [-0.2, -0.15) is 13.2 Å². The Balaban J connectivity index is 2.24. The van der Waals surface area contributed by atoms with Gasteiger partial charge in [-0.3, -0.25) is 4.57 Å². The van der Waals surface area contributed by atoms with E-state index in [-0.39, 0.29) is 10.9 Å². The predicted octanol–water partition coefficient (Wildman–Crippen LogP) is 2.76. The monoisotopic (exact) mass is 392 g/mol. The Morgan fingerprint density at radius 2 is 1.81 bits per heavy atom. The van der Waals surface area contributed by atoms with Crippen molar-refractivity contribution in [2.75, 3.05) is 6.61 Å². The number of hydrogen-bond acceptors (Lipinski definition) is 5. The summed E-state index contributed by atoms with van der Waals surface area (Å²) in [6.07, 6.45) is -4.53. The van der Waals surface area contributed by atoms with Crippen LogP contribution < -0.4 is 9.46 Å². The van der Waals surface area contributed by atoms with E-state index in [9.17, 15) is 21.6 Å². The van der Waals surface area contributed by atoms with E-state index in [2.05, 4.69) is 14.9 Å². The van der Waals surface area contributed by atoms with Crippen LogP contribution in [0.4, 0.5) is 13.2 Å². The lowest BCUT2D eigenvalue weighted by Gasteiger charge is -2.15. The second-order valence-corrected chi connectivity index (χ2v) is 7.10. The molecule has 1 N–H and O–H groups in total. The van der Waals surface area contributed by atoms with Gasteiger partial charge in [0.15, 0.2) is 5.82 Å². The van der Waals surface area contributed by atoms with Gasteiger partial charge in [0, 0.05) is 6.54 Å². The number of halogens is 3. The van der Waals surface area contributed by atoms with Crippen LogP contribution in [0.15, 0.2) is 29.2 Å². The van der Waals surface area contributed by atoms with Gasteiger partial charge in [0.1, 0.15) is 0 Å². The second-order valence-electron chi connectivity index (χ2n) is 5.38. The van der Waals surface area contributed by atoms with Gasteiger partial charge >= 0.3 is 12.2 Å². The molecule has 2 aromatic rings. The van der Waals surface area contributed by atoms with Gasteiger partial charge in [-0.15, -0.1) is 5.10 Å². The largest absolute Gasteiger partial charge is 0.464 e. The van der Waals surface area contributed by atoms with E-state index in [0.29, 0.717) is 19.0 Å². The van der Waals surface area contributed by atoms with Crippen LogP contribution >= 0.6 is 0 Å². The molecule has 0 aliphatic rings. The van der Waals surface area contributed by atoms with Crippen LogP contribution in [0.25, 0.3) is 0 Å². The van der Waals surface area contributed by atoms with Crippen molar-refractivity contribution in [1.82, 2.24) is 19.5 Å². The molecule has 1 aromatic heterocycles. The molecule has 0 unspecified atom stereocenters. The van der Waals surface area contributed by atoms with Crippen molar-refractivity contribution in [3.8, 4) is 6.01 Å². The lowest BCUT2D eigenvalue weighted by molar-refractivity contribution is -0.137. The van der Waals surface area contributed by atoms with Gasteiger partial charge in [-0.05, 0) is 45.0 Å². The molecule has 11 heteroatoms. The fourth-order valence-corrected chi connectivity index (χ4v) is 3.53. The van der Waals surface area contributed by atoms with Crippen molar-refractivity contribution in [3.63, 3.8) is 0 Å². The summed E-state index contributed by atoms with van der Waals surface area (Å²) in [6, 6.07) is 2.78. The molecule has 0 saturated heterocycles. The van der Waals surface area contributed by atoms with E-state index in [4.69, 9.17) is 4.74 Å². The smallest absolute Gasteiger partial charge is 0.416 e. The second kappa shape index (κ2) is 7.62. The third-order valence-corrected chi connectivity index (χ3v) is 5.10. The van der Waals surface area contributed by atoms with Gasteiger partial charge in [-0.25, -0.2) is 13.1 Å². The molecule has 2 rings (SSSR count). The summed E-state index contributed by atoms with van der Waals surface area (Å²) in [6.45, 7) is 6.01. The number of nitrogens with zero attached hydrogens (tertiary/aromatic N) is 3. The van der Waals surface area contributed by atoms with Crippen molar-refractivity contribution in [3.05, 3.63) is 35.7 Å². The standard InChI is InChI=1S/C15H19F3N4O3S/c1-4-22-13(19-20-14(22)25-5-2)10(3)21-26(23,24)12-8-6-11(7-9-12)15(16,17)18/h6-10,21H,4-5H2,1-3H3/t10-/m1/s1. The minimum atomic E-state index is -4.53. The summed E-state index contributed by atoms with van der Waals surface area (Å²) in [4.78, 5) is -0.273. The topological polar surface area (TPSA) is 86.1 Å². The first-order valence-corrected chi connectivity index (χ1v) is 9.34. The normalized spacial score (nSPS) is 13.6. The third kappa shape index (κ3) is 4.33. The summed E-state index contributed by atoms with van der Waals surface area (Å²) >= 11 is 0. The summed E-state index contributed by atoms with van der Waals surface area (Å²) in [5.74, 6) is 0.339. The molecule has 1 aromatic carbocycles. The molecule has 0 saturated carbocycles. The highest BCUT2D eigenvalue weighted by atomic mass is 32.2. The SMILES string of the molecule is CCOc1nnc([C@@H](C)NS(=O)(=O)c2ccc(C(F)(F)F)cc2)n1CC. The molecule has 1 heterocycles. The average molecular weight is 392 g/mol. The van der Waals surface area contributed by atoms with Crippen LogP contribution in [0.3, 0.4) is 0 Å². The van der Waals surface area contributed by atoms with Crippen LogP contribution in [0, 0.1) is 0 Å². The Bertz CT molecular complexity index is 848. The zero-order valence-electron chi connectivity index (χ0n) is 14.4. The summed E-state index contributed by atoms with van der Waals surface area (Å²) in [5.41, 5.74) is -0.920. The van der Waals surface area contributed by atoms with Crippen molar-refractivity contribution >= 4 is 10.0 Å². The molecule has 0 bridgehead atoms. The van der Waals surface area contributed by atoms with Crippen molar-refractivity contribution in [1.29, 1.82) is 0 Å². The quantitative estimate of drug-likeness (QED) is 0.783. The fourth-order valence-electron chi connectivity index (χ4n) is 2.33. The van der Waals surface area contributed by atoms with E-state index in [1.54, 1.807) is 18.4 Å². The molecule has 0 amide bonds. The molecule has 26 heavy (non-hydrogen) atoms. The molecule has 1 atom stereocenters. The Hall–Kier alpha value is -2.14. The van der Waals surface area contributed by atoms with E-state index >= 15 is 0 Å². The molecule has 0 fully saturated rings. The Labute approximate surface area is 149 Å². The molecule has 144 valence electrons. The maximum Gasteiger partial charge on any atom is 0.416 e. The van der Waals surface area contributed by atoms with E-state index < -0.39 is 27.8 Å². The number of rotatable bonds is 7. The molecule has 0 aliphatic carbocycles. The van der Waals surface area contributed by atoms with Crippen molar-refractivity contribution in [2.24, 2.45) is 0 Å². The predicted molar refractivity (Wildman–Crippen MR) is 87.0 cm³/mol. The van der Waals surface area contributed by atoms with E-state index in [1.165, 1.54) is 0 Å². The van der Waals surface area contributed by atoms with E-state index in [1.807, 2.05) is 6.92 Å². The molecular formula is C15H19F3N4O3S. The van der Waals surface area contributed by atoms with Crippen LogP contribution in [0.1, 0.15) is 38.2 Å². The van der Waals surface area contributed by atoms with Crippen LogP contribution in [-0.2, 0) is 22.7 Å². The molecule has 0 radical (unpaired) electrons. The number of alkyl halides is 3. The first kappa shape index (κ1) is 20.2. The molecule has 7 nitrogen and oxygen atoms in total. The average Bonchev–Trinajstić information content (AvgIpc) is 2.97. The van der Waals surface area contributed by atoms with Gasteiger partial charge in [0.2, 0.25) is 10.0 Å². The number of hydrogen-bond donors (Lipinski definition) is 1. The molecule has 0 spiro atoms. The number of benzene rings is 1. The van der Waals surface area contributed by atoms with Crippen molar-refractivity contribution < 1.29 is 26.3 Å². The Morgan fingerprint density at radius 1 is 1.19 bits per heavy atom. The highest BCUT2D eigenvalue weighted by molar-refractivity contribution is 7.89. The zero-order valence-corrected chi connectivity index (χ0v) is 15.2. The summed E-state index contributed by atoms with van der Waals surface area (Å²) in [5, 5.41) is 7.81. The van der Waals surface area contributed by atoms with Gasteiger partial charge < -0.3 is 4.74 Å². The lowest BCUT2D eigenvalue weighted by atomic mass is 10.2. The lowest BCUT2D eigenvalue weighted by Crippen LogP contribution is -2.29. The first-order chi connectivity index (χ1) is 12.1. The Morgan fingerprint density at radius 3 is 2.31 bits per heavy atom. The maximum absolute atomic E-state index is 12.6. The number of nitrogens with one attached hydrogen (secondary N) is 1. The van der Waals surface area contributed by atoms with Crippen LogP contribution in [0.5, 0.6) is 6.01 Å². The zero-order chi connectivity index (χ0) is 19.5. The highest BCUT2D eigenvalue weighted by Gasteiger charge is 2.31. The minimum absolute atomic E-state index is 0.269. The first-order valence-electron chi connectivity index (χ1n) is 7.85. The third-order valence-electron chi connectivity index (χ3n) is 3.55. The number of sulfonamides is 1. The van der Waals surface area contributed by atoms with Crippen LogP contribution in [0.2, 0.25) is 0 Å². The van der Waals surface area contributed by atoms with Gasteiger partial charge in [0.05, 0.1) is 23.1 Å². The minimum Gasteiger partial charge on any atom is -0.464 e. The molecule has 0 aliphatic heterocycles.